The van der Waals surface area contributed by atoms with Crippen molar-refractivity contribution in [2.75, 3.05) is 185 Å². The number of fused-ring (bicyclic) bond motifs is 8. The molecule has 720 valence electrons. The van der Waals surface area contributed by atoms with Crippen LogP contribution in [0.1, 0.15) is 85.0 Å². The van der Waals surface area contributed by atoms with E-state index >= 15 is 0 Å². The molecule has 0 spiro atoms. The van der Waals surface area contributed by atoms with Gasteiger partial charge in [-0.05, 0) is 160 Å². The molecule has 8 fully saturated rings. The summed E-state index contributed by atoms with van der Waals surface area (Å²) in [5, 5.41) is 31.3. The number of nitrogens with zero attached hydrogens (tertiary/aromatic N) is 26. The first-order valence-corrected chi connectivity index (χ1v) is 49.0. The van der Waals surface area contributed by atoms with Crippen LogP contribution in [0.2, 0.25) is 5.02 Å². The number of β-amino-alcohol motifs (C(OH)–C–C–N with tert-alkyl or cyclic N) is 1. The number of likely N-dealkylation sites (tertiary alicyclic amines) is 2. The standard InChI is InChI=1S/C26H31ClN8O3.C25H29N9O.C23H24N8O3S.C21H22FN7O2/c1-15-29-21-22(30-17-12-33(13-17)25(36)38-26(2,3)4)31-24(32-23(21)35(15)18-7-9-37-10-8-18)34-14-28-19-6-5-16(27)11-20(19)34;1-16-28-22-23(29-17-6-10-32(3)11-7-17)30-25(31-24(22)34(16)19-8-12-35-13-9-19)33-15-27-20-5-4-18(26-2)14-21(20)33;1-15-26-20-21(29-7-11-35(32,33)12-8-29)27-23(28-22(20)31(15)17-5-9-34-10-6-17)30-14-25-18-4-3-16(24-2)13-19(18)30;1-12-24-18-19(27-9-15(30)10-27)25-21(26-20(18)29(12)14-4-6-31-7-5-14)28-11-23-16-3-2-13(22)8-17(16)28/h5-6,11,14,17-18,29H,1,7-10,12-13H2,2-4H3,(H,30,31,32);4-5,14-15,17,19,28H,1,6-13H2,3H3,(H,29,30,31);3-4,13-14,17,26H,1,5-12H2;2-3,8,11,14-15,24,30H,1,4-7,9-10H2. The summed E-state index contributed by atoms with van der Waals surface area (Å²) in [6.07, 6.45) is 15.1. The lowest BCUT2D eigenvalue weighted by atomic mass is 10.1. The van der Waals surface area contributed by atoms with Crippen LogP contribution in [-0.4, -0.2) is 279 Å². The van der Waals surface area contributed by atoms with E-state index in [1.54, 1.807) is 69.7 Å². The molecule has 20 heterocycles. The predicted octanol–water partition coefficient (Wildman–Crippen LogP) is 12.6. The zero-order chi connectivity index (χ0) is 95.8. The molecule has 4 aromatic carbocycles. The van der Waals surface area contributed by atoms with Crippen LogP contribution in [0.3, 0.4) is 0 Å². The molecule has 44 heteroatoms. The van der Waals surface area contributed by atoms with Crippen LogP contribution in [0.4, 0.5) is 89.9 Å². The Balaban J connectivity index is 0.000000110. The van der Waals surface area contributed by atoms with Gasteiger partial charge in [-0.1, -0.05) is 50.0 Å². The Morgan fingerprint density at radius 1 is 0.475 bits per heavy atom. The number of carbonyl (C=O) groups excluding carboxylic acids is 1. The van der Waals surface area contributed by atoms with Gasteiger partial charge in [0.2, 0.25) is 23.8 Å². The molecule has 8 aromatic heterocycles. The van der Waals surface area contributed by atoms with Gasteiger partial charge in [0.05, 0.1) is 80.9 Å². The lowest BCUT2D eigenvalue weighted by Crippen LogP contribution is -2.58. The number of imidazole rings is 4. The molecule has 41 nitrogen and oxygen atoms in total. The van der Waals surface area contributed by atoms with Crippen molar-refractivity contribution in [3.8, 4) is 23.8 Å². The second-order valence-electron chi connectivity index (χ2n) is 37.3. The minimum Gasteiger partial charge on any atom is -0.444 e. The summed E-state index contributed by atoms with van der Waals surface area (Å²) >= 11 is 6.30. The van der Waals surface area contributed by atoms with Crippen LogP contribution in [0.15, 0.2) is 148 Å². The third-order valence-corrected chi connectivity index (χ3v) is 28.6. The van der Waals surface area contributed by atoms with E-state index in [-0.39, 0.29) is 59.7 Å². The van der Waals surface area contributed by atoms with Crippen LogP contribution in [0.5, 0.6) is 0 Å². The Hall–Kier alpha value is -14.2. The van der Waals surface area contributed by atoms with Crippen molar-refractivity contribution in [2.24, 2.45) is 0 Å². The van der Waals surface area contributed by atoms with Gasteiger partial charge < -0.3 is 99.9 Å². The fraction of sp³-hybridized carbons (Fsp3) is 0.421. The molecule has 24 rings (SSSR count). The fourth-order valence-electron chi connectivity index (χ4n) is 19.5. The lowest BCUT2D eigenvalue weighted by molar-refractivity contribution is 0.0104. The van der Waals surface area contributed by atoms with Gasteiger partial charge >= 0.3 is 6.09 Å². The van der Waals surface area contributed by atoms with E-state index in [2.05, 4.69) is 119 Å². The molecule has 0 aliphatic carbocycles. The number of aliphatic hydroxyl groups is 1. The quantitative estimate of drug-likeness (QED) is 0.0497. The van der Waals surface area contributed by atoms with E-state index in [0.717, 1.165) is 193 Å². The third kappa shape index (κ3) is 18.3. The highest BCUT2D eigenvalue weighted by molar-refractivity contribution is 7.91. The van der Waals surface area contributed by atoms with Crippen LogP contribution in [-0.2, 0) is 33.5 Å². The summed E-state index contributed by atoms with van der Waals surface area (Å²) in [6.45, 7) is 47.8. The predicted molar refractivity (Wildman–Crippen MR) is 529 cm³/mol. The van der Waals surface area contributed by atoms with Crippen molar-refractivity contribution >= 4 is 152 Å². The maximum absolute atomic E-state index is 13.9. The summed E-state index contributed by atoms with van der Waals surface area (Å²) in [5.74, 6) is 10.4. The zero-order valence-corrected chi connectivity index (χ0v) is 79.0. The zero-order valence-electron chi connectivity index (χ0n) is 77.4. The van der Waals surface area contributed by atoms with Gasteiger partial charge in [-0.3, -0.25) is 18.3 Å². The van der Waals surface area contributed by atoms with Crippen LogP contribution < -0.4 is 61.3 Å². The first-order chi connectivity index (χ1) is 67.3. The molecular formula is C95H106ClFN32O9S. The van der Waals surface area contributed by atoms with Gasteiger partial charge in [0.1, 0.15) is 82.8 Å². The van der Waals surface area contributed by atoms with Crippen molar-refractivity contribution in [3.05, 3.63) is 181 Å². The first-order valence-electron chi connectivity index (χ1n) is 46.8. The first kappa shape index (κ1) is 91.2. The van der Waals surface area contributed by atoms with Crippen molar-refractivity contribution in [3.63, 3.8) is 0 Å². The number of carbonyl (C=O) groups is 1. The number of anilines is 12. The van der Waals surface area contributed by atoms with Crippen LogP contribution in [0, 0.1) is 19.0 Å². The lowest BCUT2D eigenvalue weighted by Gasteiger charge is -2.40. The van der Waals surface area contributed by atoms with Crippen molar-refractivity contribution in [1.29, 1.82) is 0 Å². The van der Waals surface area contributed by atoms with Gasteiger partial charge in [-0.15, -0.1) is 0 Å². The van der Waals surface area contributed by atoms with Crippen LogP contribution in [0.25, 0.3) is 77.6 Å². The second-order valence-corrected chi connectivity index (χ2v) is 40.1. The van der Waals surface area contributed by atoms with Crippen LogP contribution >= 0.6 is 11.6 Å². The normalized spacial score (nSPS) is 19.4. The highest BCUT2D eigenvalue weighted by atomic mass is 35.5. The molecule has 139 heavy (non-hydrogen) atoms. The average Bonchev–Trinajstić information content (AvgIpc) is 1.61. The molecule has 1 amide bonds. The maximum Gasteiger partial charge on any atom is 0.410 e. The number of ether oxygens (including phenoxy) is 5. The number of nitrogens with one attached hydrogen (secondary N) is 6. The van der Waals surface area contributed by atoms with Crippen molar-refractivity contribution in [1.82, 2.24) is 87.9 Å². The number of amides is 1. The maximum atomic E-state index is 13.9. The van der Waals surface area contributed by atoms with E-state index in [0.29, 0.717) is 159 Å². The third-order valence-electron chi connectivity index (χ3n) is 26.8. The monoisotopic (exact) mass is 1920 g/mol. The minimum absolute atomic E-state index is 0.00976. The Labute approximate surface area is 805 Å². The van der Waals surface area contributed by atoms with Gasteiger partial charge in [0.25, 0.3) is 0 Å². The Kier molecular flexibility index (Phi) is 24.7. The molecule has 0 saturated carbocycles. The van der Waals surface area contributed by atoms with E-state index in [1.165, 1.54) is 12.1 Å². The SMILES string of the molecule is C=C1Nc2c(N3CC(O)C3)nc(-n3cnc4ccc(F)cc43)nc2N1C1CCOCC1.C=C1Nc2c(NC3CN(C(=O)OC(C)(C)C)C3)nc(-n3cnc4ccc(Cl)cc43)nc2N1C1CCOCC1.[C-]#[N+]c1ccc2ncn(-c3nc(N4CCS(=O)(=O)CC4)c4c(n3)N(C3CCOCC3)C(=C)N4)c2c1.[C-]#[N+]c1ccc2ncn(-c3nc(NC4CCN(C)CC4)c4c(n3)N(C3CCOCC3)C(=C)N4)c2c1. The van der Waals surface area contributed by atoms with Crippen molar-refractivity contribution in [2.45, 2.75) is 133 Å². The number of benzene rings is 4. The number of aromatic nitrogens is 16. The summed E-state index contributed by atoms with van der Waals surface area (Å²) in [5.41, 5.74) is 9.61. The van der Waals surface area contributed by atoms with Gasteiger partial charge in [0, 0.05) is 133 Å². The number of sulfone groups is 1. The highest BCUT2D eigenvalue weighted by Gasteiger charge is 2.44. The number of aliphatic hydroxyl groups excluding tert-OH is 1. The van der Waals surface area contributed by atoms with E-state index in [4.69, 9.17) is 88.3 Å². The number of halogens is 2. The highest BCUT2D eigenvalue weighted by Crippen LogP contribution is 2.50. The summed E-state index contributed by atoms with van der Waals surface area (Å²) in [4.78, 5) is 93.4. The Bertz CT molecular complexity index is 7030. The largest absolute Gasteiger partial charge is 0.444 e. The summed E-state index contributed by atoms with van der Waals surface area (Å²) < 4.78 is 73.1. The number of rotatable bonds is 14. The Morgan fingerprint density at radius 3 is 1.23 bits per heavy atom. The fourth-order valence-corrected chi connectivity index (χ4v) is 20.9. The molecular weight excluding hydrogens is 1820 g/mol. The summed E-state index contributed by atoms with van der Waals surface area (Å²) in [7, 11) is -0.895. The number of hydrogen-bond donors (Lipinski definition) is 7. The summed E-state index contributed by atoms with van der Waals surface area (Å²) in [6, 6.07) is 22.0. The molecule has 12 aliphatic rings. The molecule has 0 atom stereocenters. The molecule has 0 bridgehead atoms. The minimum atomic E-state index is -3.06. The molecule has 12 aromatic rings. The smallest absolute Gasteiger partial charge is 0.410 e. The number of hydrogen-bond acceptors (Lipinski definition) is 34. The second kappa shape index (κ2) is 37.6. The van der Waals surface area contributed by atoms with E-state index < -0.39 is 15.4 Å². The Morgan fingerprint density at radius 2 is 0.827 bits per heavy atom. The van der Waals surface area contributed by atoms with Gasteiger partial charge in [0.15, 0.2) is 67.8 Å². The van der Waals surface area contributed by atoms with Crippen molar-refractivity contribution < 1.29 is 46.4 Å². The molecule has 0 unspecified atom stereocenters. The average molecular weight is 1930 g/mol. The number of piperidine rings is 1. The molecule has 8 saturated heterocycles. The molecule has 12 aliphatic heterocycles. The van der Waals surface area contributed by atoms with Gasteiger partial charge in [-0.2, -0.15) is 39.9 Å². The van der Waals surface area contributed by atoms with Gasteiger partial charge in [-0.25, -0.2) is 47.2 Å². The van der Waals surface area contributed by atoms with E-state index in [9.17, 15) is 22.7 Å². The molecule has 7 N–H and O–H groups in total. The van der Waals surface area contributed by atoms with E-state index in [1.807, 2.05) is 70.0 Å². The topological polar surface area (TPSA) is 399 Å². The molecule has 0 radical (unpaired) electrons.